The Morgan fingerprint density at radius 2 is 0.938 bits per heavy atom. The SMILES string of the molecule is Cl.Cl.N=C(N)c1cccc(NC(=O)c2ccc(C(=O)Nc3cccc(C(=N)N)c3)cc2)c1. The monoisotopic (exact) mass is 472 g/mol. The smallest absolute Gasteiger partial charge is 0.255 e. The number of nitrogens with two attached hydrogens (primary N) is 2. The zero-order valence-corrected chi connectivity index (χ0v) is 18.3. The Bertz CT molecular complexity index is 1060. The van der Waals surface area contributed by atoms with Gasteiger partial charge in [-0.1, -0.05) is 24.3 Å². The largest absolute Gasteiger partial charge is 0.384 e. The number of benzene rings is 3. The number of carbonyl (C=O) groups is 2. The highest BCUT2D eigenvalue weighted by atomic mass is 35.5. The molecule has 8 nitrogen and oxygen atoms in total. The van der Waals surface area contributed by atoms with E-state index in [0.717, 1.165) is 0 Å². The van der Waals surface area contributed by atoms with Gasteiger partial charge in [0, 0.05) is 33.6 Å². The van der Waals surface area contributed by atoms with Crippen LogP contribution in [0.4, 0.5) is 11.4 Å². The molecule has 0 spiro atoms. The van der Waals surface area contributed by atoms with Crippen LogP contribution in [0, 0.1) is 10.8 Å². The van der Waals surface area contributed by atoms with E-state index in [1.165, 1.54) is 0 Å². The summed E-state index contributed by atoms with van der Waals surface area (Å²) >= 11 is 0. The van der Waals surface area contributed by atoms with Crippen LogP contribution in [0.2, 0.25) is 0 Å². The van der Waals surface area contributed by atoms with E-state index in [-0.39, 0.29) is 48.3 Å². The van der Waals surface area contributed by atoms with Crippen molar-refractivity contribution in [2.45, 2.75) is 0 Å². The minimum Gasteiger partial charge on any atom is -0.384 e. The second-order valence-electron chi connectivity index (χ2n) is 6.47. The summed E-state index contributed by atoms with van der Waals surface area (Å²) in [4.78, 5) is 24.9. The van der Waals surface area contributed by atoms with Crippen LogP contribution in [0.3, 0.4) is 0 Å². The minimum atomic E-state index is -0.350. The standard InChI is InChI=1S/C22H20N6O2.2ClH/c23-19(24)15-3-1-5-17(11-15)27-21(29)13-7-9-14(10-8-13)22(30)28-18-6-2-4-16(12-18)20(25)26;;/h1-12H,(H3,23,24)(H3,25,26)(H,27,29)(H,28,30);2*1H. The fraction of sp³-hybridized carbons (Fsp3) is 0. The molecule has 0 saturated heterocycles. The van der Waals surface area contributed by atoms with Gasteiger partial charge in [0.1, 0.15) is 11.7 Å². The van der Waals surface area contributed by atoms with Crippen molar-refractivity contribution in [2.75, 3.05) is 10.6 Å². The van der Waals surface area contributed by atoms with Gasteiger partial charge in [-0.3, -0.25) is 20.4 Å². The Kier molecular flexibility index (Phi) is 9.40. The van der Waals surface area contributed by atoms with Gasteiger partial charge in [-0.25, -0.2) is 0 Å². The van der Waals surface area contributed by atoms with Gasteiger partial charge in [-0.2, -0.15) is 0 Å². The van der Waals surface area contributed by atoms with E-state index in [0.29, 0.717) is 33.6 Å². The third kappa shape index (κ3) is 6.56. The molecule has 3 aromatic carbocycles. The van der Waals surface area contributed by atoms with Crippen molar-refractivity contribution >= 4 is 59.7 Å². The summed E-state index contributed by atoms with van der Waals surface area (Å²) in [6.45, 7) is 0. The Morgan fingerprint density at radius 1 is 0.594 bits per heavy atom. The number of nitrogens with one attached hydrogen (secondary N) is 4. The quantitative estimate of drug-likeness (QED) is 0.239. The zero-order chi connectivity index (χ0) is 21.7. The second-order valence-corrected chi connectivity index (χ2v) is 6.47. The van der Waals surface area contributed by atoms with Gasteiger partial charge in [0.2, 0.25) is 0 Å². The number of amides is 2. The molecule has 0 aliphatic heterocycles. The highest BCUT2D eigenvalue weighted by Gasteiger charge is 2.11. The summed E-state index contributed by atoms with van der Waals surface area (Å²) in [5.41, 5.74) is 13.7. The molecule has 8 N–H and O–H groups in total. The number of halogens is 2. The van der Waals surface area contributed by atoms with Crippen LogP contribution in [0.15, 0.2) is 72.8 Å². The lowest BCUT2D eigenvalue weighted by atomic mass is 10.1. The topological polar surface area (TPSA) is 158 Å². The molecular formula is C22H22Cl2N6O2. The first-order chi connectivity index (χ1) is 14.3. The molecule has 3 aromatic rings. The van der Waals surface area contributed by atoms with Gasteiger partial charge in [0.25, 0.3) is 11.8 Å². The highest BCUT2D eigenvalue weighted by Crippen LogP contribution is 2.15. The molecule has 166 valence electrons. The van der Waals surface area contributed by atoms with Crippen LogP contribution in [0.25, 0.3) is 0 Å². The van der Waals surface area contributed by atoms with Crippen molar-refractivity contribution in [2.24, 2.45) is 11.5 Å². The molecule has 3 rings (SSSR count). The number of carbonyl (C=O) groups excluding carboxylic acids is 2. The van der Waals surface area contributed by atoms with Gasteiger partial charge in [0.15, 0.2) is 0 Å². The normalized spacial score (nSPS) is 9.50. The lowest BCUT2D eigenvalue weighted by molar-refractivity contribution is 0.101. The van der Waals surface area contributed by atoms with Crippen LogP contribution < -0.4 is 22.1 Å². The maximum absolute atomic E-state index is 12.4. The molecule has 2 amide bonds. The summed E-state index contributed by atoms with van der Waals surface area (Å²) in [7, 11) is 0. The maximum atomic E-state index is 12.4. The Morgan fingerprint density at radius 3 is 1.25 bits per heavy atom. The number of nitrogen functional groups attached to an aromatic ring is 2. The molecule has 32 heavy (non-hydrogen) atoms. The van der Waals surface area contributed by atoms with Crippen LogP contribution in [-0.2, 0) is 0 Å². The number of hydrogen-bond acceptors (Lipinski definition) is 4. The number of hydrogen-bond donors (Lipinski definition) is 6. The summed E-state index contributed by atoms with van der Waals surface area (Å²) in [6.07, 6.45) is 0. The molecule has 0 fully saturated rings. The first-order valence-corrected chi connectivity index (χ1v) is 8.95. The molecule has 0 bridgehead atoms. The van der Waals surface area contributed by atoms with Gasteiger partial charge >= 0.3 is 0 Å². The van der Waals surface area contributed by atoms with E-state index < -0.39 is 0 Å². The first-order valence-electron chi connectivity index (χ1n) is 8.95. The van der Waals surface area contributed by atoms with Crippen molar-refractivity contribution in [3.05, 3.63) is 95.1 Å². The van der Waals surface area contributed by atoms with Crippen molar-refractivity contribution in [3.8, 4) is 0 Å². The van der Waals surface area contributed by atoms with E-state index in [9.17, 15) is 9.59 Å². The van der Waals surface area contributed by atoms with Gasteiger partial charge in [-0.15, -0.1) is 24.8 Å². The van der Waals surface area contributed by atoms with Crippen LogP contribution >= 0.6 is 24.8 Å². The second kappa shape index (κ2) is 11.5. The third-order valence-electron chi connectivity index (χ3n) is 4.27. The van der Waals surface area contributed by atoms with Crippen molar-refractivity contribution in [1.29, 1.82) is 10.8 Å². The predicted molar refractivity (Wildman–Crippen MR) is 132 cm³/mol. The summed E-state index contributed by atoms with van der Waals surface area (Å²) < 4.78 is 0. The Hall–Kier alpha value is -3.88. The van der Waals surface area contributed by atoms with E-state index in [1.54, 1.807) is 72.8 Å². The van der Waals surface area contributed by atoms with Gasteiger partial charge in [0.05, 0.1) is 0 Å². The van der Waals surface area contributed by atoms with Crippen LogP contribution in [0.5, 0.6) is 0 Å². The fourth-order valence-corrected chi connectivity index (χ4v) is 2.71. The molecule has 0 aliphatic rings. The fourth-order valence-electron chi connectivity index (χ4n) is 2.71. The lowest BCUT2D eigenvalue weighted by Gasteiger charge is -2.09. The molecule has 0 atom stereocenters. The Labute approximate surface area is 197 Å². The van der Waals surface area contributed by atoms with Gasteiger partial charge in [-0.05, 0) is 48.5 Å². The van der Waals surface area contributed by atoms with Crippen molar-refractivity contribution in [1.82, 2.24) is 0 Å². The van der Waals surface area contributed by atoms with E-state index in [2.05, 4.69) is 10.6 Å². The summed E-state index contributed by atoms with van der Waals surface area (Å²) in [5.74, 6) is -0.876. The molecule has 0 aliphatic carbocycles. The molecule has 0 heterocycles. The van der Waals surface area contributed by atoms with Crippen molar-refractivity contribution in [3.63, 3.8) is 0 Å². The van der Waals surface area contributed by atoms with Crippen molar-refractivity contribution < 1.29 is 9.59 Å². The van der Waals surface area contributed by atoms with Crippen LogP contribution in [0.1, 0.15) is 31.8 Å². The number of anilines is 2. The highest BCUT2D eigenvalue weighted by molar-refractivity contribution is 6.08. The zero-order valence-electron chi connectivity index (χ0n) is 16.7. The van der Waals surface area contributed by atoms with Crippen LogP contribution in [-0.4, -0.2) is 23.5 Å². The molecule has 0 aromatic heterocycles. The predicted octanol–water partition coefficient (Wildman–Crippen LogP) is 3.60. The van der Waals surface area contributed by atoms with E-state index in [1.807, 2.05) is 0 Å². The number of rotatable bonds is 6. The Balaban J connectivity index is 0.00000256. The average Bonchev–Trinajstić information content (AvgIpc) is 2.74. The molecule has 0 saturated carbocycles. The molecule has 0 radical (unpaired) electrons. The van der Waals surface area contributed by atoms with Gasteiger partial charge < -0.3 is 22.1 Å². The average molecular weight is 473 g/mol. The molecule has 10 heteroatoms. The molecule has 0 unspecified atom stereocenters. The lowest BCUT2D eigenvalue weighted by Crippen LogP contribution is -2.16. The molecular weight excluding hydrogens is 451 g/mol. The first kappa shape index (κ1) is 26.2. The minimum absolute atomic E-state index is 0. The third-order valence-corrected chi connectivity index (χ3v) is 4.27. The summed E-state index contributed by atoms with van der Waals surface area (Å²) in [6, 6.07) is 19.5. The maximum Gasteiger partial charge on any atom is 0.255 e. The summed E-state index contributed by atoms with van der Waals surface area (Å²) in [5, 5.41) is 20.4. The van der Waals surface area contributed by atoms with E-state index in [4.69, 9.17) is 22.3 Å². The van der Waals surface area contributed by atoms with E-state index >= 15 is 0 Å². The number of amidine groups is 2.